The summed E-state index contributed by atoms with van der Waals surface area (Å²) in [5.74, 6) is 0. The van der Waals surface area contributed by atoms with Gasteiger partial charge in [-0.05, 0) is 0 Å². The van der Waals surface area contributed by atoms with Crippen LogP contribution in [0.25, 0.3) is 0 Å². The lowest BCUT2D eigenvalue weighted by molar-refractivity contribution is 0.193. The summed E-state index contributed by atoms with van der Waals surface area (Å²) < 4.78 is 8.74. The van der Waals surface area contributed by atoms with Gasteiger partial charge in [-0.1, -0.05) is 7.43 Å². The van der Waals surface area contributed by atoms with Crippen LogP contribution in [0.4, 0.5) is 0 Å². The topological polar surface area (TPSA) is 38.7 Å². The van der Waals surface area contributed by atoms with Crippen molar-refractivity contribution in [2.75, 3.05) is 14.2 Å². The van der Waals surface area contributed by atoms with E-state index in [4.69, 9.17) is 4.80 Å². The van der Waals surface area contributed by atoms with E-state index in [1.165, 1.54) is 14.2 Å². The zero-order valence-electron chi connectivity index (χ0n) is 3.84. The lowest BCUT2D eigenvalue weighted by atomic mass is 11.8. The normalized spacial score (nSPS) is 8.57. The first-order valence-corrected chi connectivity index (χ1v) is 3.01. The Morgan fingerprint density at radius 3 is 1.57 bits per heavy atom. The van der Waals surface area contributed by atoms with E-state index in [-0.39, 0.29) is 7.43 Å². The molecule has 0 aliphatic heterocycles. The average molecular weight is 124 g/mol. The molecule has 0 radical (unpaired) electrons. The second-order valence-corrected chi connectivity index (χ2v) is 2.34. The van der Waals surface area contributed by atoms with Crippen molar-refractivity contribution in [3.05, 3.63) is 0 Å². The predicted molar refractivity (Wildman–Crippen MR) is 30.1 cm³/mol. The molecule has 0 aromatic heterocycles. The van der Waals surface area contributed by atoms with Gasteiger partial charge in [-0.3, -0.25) is 0 Å². The van der Waals surface area contributed by atoms with Crippen LogP contribution in [0.5, 0.6) is 0 Å². The molecule has 7 heavy (non-hydrogen) atoms. The van der Waals surface area contributed by atoms with Crippen LogP contribution in [0, 0.1) is 0 Å². The first-order chi connectivity index (χ1) is 2.81. The van der Waals surface area contributed by atoms with E-state index in [1.807, 2.05) is 0 Å². The van der Waals surface area contributed by atoms with E-state index >= 15 is 0 Å². The Morgan fingerprint density at radius 2 is 1.57 bits per heavy atom. The maximum atomic E-state index is 8.36. The third kappa shape index (κ3) is 6.10. The summed E-state index contributed by atoms with van der Waals surface area (Å²) in [6, 6.07) is 0. The summed E-state index contributed by atoms with van der Waals surface area (Å²) in [5, 5.41) is 0. The van der Waals surface area contributed by atoms with E-state index < -0.39 is 9.53 Å². The van der Waals surface area contributed by atoms with Crippen LogP contribution in [0.2, 0.25) is 0 Å². The van der Waals surface area contributed by atoms with E-state index in [1.54, 1.807) is 0 Å². The smallest absolute Gasteiger partial charge is 0.392 e. The molecule has 0 saturated carbocycles. The molecule has 46 valence electrons. The molecular weight excluding hydrogens is 112 g/mol. The highest BCUT2D eigenvalue weighted by Gasteiger charge is 1.98. The summed E-state index contributed by atoms with van der Waals surface area (Å²) in [5.41, 5.74) is 0. The molecule has 0 aliphatic carbocycles. The number of rotatable bonds is 2. The fourth-order valence-corrected chi connectivity index (χ4v) is 0.289. The third-order valence-electron chi connectivity index (χ3n) is 0.403. The van der Waals surface area contributed by atoms with E-state index in [0.717, 1.165) is 0 Å². The summed E-state index contributed by atoms with van der Waals surface area (Å²) in [4.78, 5) is 8.36. The van der Waals surface area contributed by atoms with E-state index in [2.05, 4.69) is 8.85 Å². The van der Waals surface area contributed by atoms with E-state index in [0.29, 0.717) is 0 Å². The maximum Gasteiger partial charge on any atom is 0.480 e. The minimum atomic E-state index is -2.16. The Labute approximate surface area is 45.8 Å². The van der Waals surface area contributed by atoms with Gasteiger partial charge in [0, 0.05) is 14.2 Å². The summed E-state index contributed by atoms with van der Waals surface area (Å²) in [6.45, 7) is 0. The lowest BCUT2D eigenvalue weighted by Crippen LogP contribution is -2.17. The molecule has 4 heteroatoms. The van der Waals surface area contributed by atoms with Gasteiger partial charge < -0.3 is 13.6 Å². The third-order valence-corrected chi connectivity index (χ3v) is 1.21. The molecule has 0 fully saturated rings. The van der Waals surface area contributed by atoms with Crippen molar-refractivity contribution in [2.45, 2.75) is 7.43 Å². The van der Waals surface area contributed by atoms with Crippen molar-refractivity contribution in [3.8, 4) is 0 Å². The summed E-state index contributed by atoms with van der Waals surface area (Å²) in [6.07, 6.45) is 0. The highest BCUT2D eigenvalue weighted by Crippen LogP contribution is 1.71. The van der Waals surface area contributed by atoms with Gasteiger partial charge in [0.05, 0.1) is 0 Å². The molecule has 0 heterocycles. The fourth-order valence-electron chi connectivity index (χ4n) is 0.0962. The van der Waals surface area contributed by atoms with Crippen LogP contribution in [-0.4, -0.2) is 28.5 Å². The van der Waals surface area contributed by atoms with Crippen molar-refractivity contribution < 1.29 is 13.6 Å². The molecule has 3 nitrogen and oxygen atoms in total. The monoisotopic (exact) mass is 124 g/mol. The molecule has 0 bridgehead atoms. The molecule has 0 aromatic rings. The molecule has 0 spiro atoms. The predicted octanol–water partition coefficient (Wildman–Crippen LogP) is -0.375. The van der Waals surface area contributed by atoms with Gasteiger partial charge in [-0.15, -0.1) is 0 Å². The first-order valence-electron chi connectivity index (χ1n) is 1.55. The highest BCUT2D eigenvalue weighted by molar-refractivity contribution is 6.34. The molecule has 0 atom stereocenters. The second kappa shape index (κ2) is 6.10. The van der Waals surface area contributed by atoms with Crippen molar-refractivity contribution in [3.63, 3.8) is 0 Å². The first kappa shape index (κ1) is 10.2. The number of hydrogen-bond donors (Lipinski definition) is 1. The Kier molecular flexibility index (Phi) is 8.84. The van der Waals surface area contributed by atoms with Gasteiger partial charge in [0.15, 0.2) is 0 Å². The van der Waals surface area contributed by atoms with Crippen molar-refractivity contribution >= 4 is 9.53 Å². The van der Waals surface area contributed by atoms with Crippen LogP contribution in [0.15, 0.2) is 0 Å². The molecule has 0 rings (SSSR count). The fraction of sp³-hybridized carbons (Fsp3) is 1.00. The van der Waals surface area contributed by atoms with Crippen molar-refractivity contribution in [1.82, 2.24) is 0 Å². The Hall–Kier alpha value is 0.0969. The van der Waals surface area contributed by atoms with Gasteiger partial charge >= 0.3 is 9.53 Å². The van der Waals surface area contributed by atoms with Gasteiger partial charge in [-0.2, -0.15) is 0 Å². The Bertz CT molecular complexity index is 29.4. The van der Waals surface area contributed by atoms with Gasteiger partial charge in [-0.25, -0.2) is 0 Å². The lowest BCUT2D eigenvalue weighted by Gasteiger charge is -1.97. The standard InChI is InChI=1S/C2H8O3Si.CH4/c1-4-6(3)5-2;/h3,6H,1-2H3;1H4. The SMILES string of the molecule is C.CO[SiH](O)OC. The zero-order chi connectivity index (χ0) is 4.99. The Morgan fingerprint density at radius 1 is 1.29 bits per heavy atom. The van der Waals surface area contributed by atoms with Crippen LogP contribution in [0.1, 0.15) is 7.43 Å². The van der Waals surface area contributed by atoms with Crippen molar-refractivity contribution in [1.29, 1.82) is 0 Å². The van der Waals surface area contributed by atoms with Crippen LogP contribution in [-0.2, 0) is 8.85 Å². The zero-order valence-corrected chi connectivity index (χ0v) is 5.00. The summed E-state index contributed by atoms with van der Waals surface area (Å²) in [7, 11) is 0.674. The largest absolute Gasteiger partial charge is 0.480 e. The van der Waals surface area contributed by atoms with Crippen molar-refractivity contribution in [2.24, 2.45) is 0 Å². The number of hydrogen-bond acceptors (Lipinski definition) is 3. The van der Waals surface area contributed by atoms with Crippen LogP contribution < -0.4 is 0 Å². The van der Waals surface area contributed by atoms with Crippen LogP contribution in [0.3, 0.4) is 0 Å². The molecule has 0 aromatic carbocycles. The molecule has 0 saturated heterocycles. The maximum absolute atomic E-state index is 8.36. The minimum Gasteiger partial charge on any atom is -0.392 e. The molecular formula is C3H12O3Si. The second-order valence-electron chi connectivity index (χ2n) is 0.778. The Balaban J connectivity index is 0. The molecule has 1 N–H and O–H groups in total. The highest BCUT2D eigenvalue weighted by atomic mass is 28.3. The van der Waals surface area contributed by atoms with E-state index in [9.17, 15) is 0 Å². The van der Waals surface area contributed by atoms with Gasteiger partial charge in [0.2, 0.25) is 0 Å². The molecule has 0 unspecified atom stereocenters. The van der Waals surface area contributed by atoms with Crippen LogP contribution >= 0.6 is 0 Å². The van der Waals surface area contributed by atoms with Gasteiger partial charge in [0.1, 0.15) is 0 Å². The van der Waals surface area contributed by atoms with Gasteiger partial charge in [0.25, 0.3) is 0 Å². The minimum absolute atomic E-state index is 0. The molecule has 0 aliphatic rings. The summed E-state index contributed by atoms with van der Waals surface area (Å²) >= 11 is 0. The molecule has 0 amide bonds. The quantitative estimate of drug-likeness (QED) is 0.510. The average Bonchev–Trinajstić information content (AvgIpc) is 1.65.